The number of aryl methyl sites for hydroxylation is 1. The van der Waals surface area contributed by atoms with Crippen LogP contribution in [0, 0.1) is 12.8 Å². The van der Waals surface area contributed by atoms with Crippen LogP contribution in [0.5, 0.6) is 0 Å². The van der Waals surface area contributed by atoms with Crippen molar-refractivity contribution in [1.82, 2.24) is 4.98 Å². The Morgan fingerprint density at radius 3 is 2.72 bits per heavy atom. The molecule has 1 saturated carbocycles. The van der Waals surface area contributed by atoms with Gasteiger partial charge in [-0.3, -0.25) is 0 Å². The Hall–Kier alpha value is -0.570. The van der Waals surface area contributed by atoms with E-state index >= 15 is 0 Å². The van der Waals surface area contributed by atoms with E-state index in [9.17, 15) is 0 Å². The Bertz CT molecular complexity index is 386. The van der Waals surface area contributed by atoms with Gasteiger partial charge in [-0.05, 0) is 46.8 Å². The van der Waals surface area contributed by atoms with E-state index in [0.29, 0.717) is 0 Å². The van der Waals surface area contributed by atoms with E-state index < -0.39 is 0 Å². The zero-order valence-corrected chi connectivity index (χ0v) is 13.0. The summed E-state index contributed by atoms with van der Waals surface area (Å²) in [4.78, 5) is 6.82. The fourth-order valence-corrected chi connectivity index (χ4v) is 3.34. The van der Waals surface area contributed by atoms with Gasteiger partial charge in [-0.15, -0.1) is 0 Å². The lowest BCUT2D eigenvalue weighted by Gasteiger charge is -2.26. The molecule has 2 nitrogen and oxygen atoms in total. The highest BCUT2D eigenvalue weighted by atomic mass is 79.9. The second kappa shape index (κ2) is 6.55. The lowest BCUT2D eigenvalue weighted by Crippen LogP contribution is -2.23. The molecule has 1 fully saturated rings. The summed E-state index contributed by atoms with van der Waals surface area (Å²) in [5, 5.41) is 0. The van der Waals surface area contributed by atoms with Crippen molar-refractivity contribution in [2.75, 3.05) is 18.5 Å². The van der Waals surface area contributed by atoms with E-state index in [1.54, 1.807) is 0 Å². The summed E-state index contributed by atoms with van der Waals surface area (Å²) in [6.07, 6.45) is 10.4. The maximum Gasteiger partial charge on any atom is 0.131 e. The number of halogens is 1. The zero-order valence-electron chi connectivity index (χ0n) is 11.5. The number of hydrogen-bond acceptors (Lipinski definition) is 2. The van der Waals surface area contributed by atoms with Gasteiger partial charge >= 0.3 is 0 Å². The quantitative estimate of drug-likeness (QED) is 0.810. The summed E-state index contributed by atoms with van der Waals surface area (Å²) >= 11 is 3.47. The SMILES string of the molecule is Cc1cc(Br)cnc1N(C)CCC1CCCCC1. The molecule has 100 valence electrons. The van der Waals surface area contributed by atoms with Gasteiger partial charge in [0.2, 0.25) is 0 Å². The predicted octanol–water partition coefficient (Wildman–Crippen LogP) is 4.56. The maximum absolute atomic E-state index is 4.52. The Labute approximate surface area is 119 Å². The normalized spacial score (nSPS) is 16.8. The molecule has 0 aliphatic heterocycles. The van der Waals surface area contributed by atoms with Crippen molar-refractivity contribution in [2.24, 2.45) is 5.92 Å². The molecule has 0 bridgehead atoms. The van der Waals surface area contributed by atoms with Gasteiger partial charge in [-0.25, -0.2) is 4.98 Å². The van der Waals surface area contributed by atoms with Crippen molar-refractivity contribution in [1.29, 1.82) is 0 Å². The minimum Gasteiger partial charge on any atom is -0.359 e. The van der Waals surface area contributed by atoms with Crippen LogP contribution in [0.4, 0.5) is 5.82 Å². The first-order valence-corrected chi connectivity index (χ1v) is 7.79. The lowest BCUT2D eigenvalue weighted by molar-refractivity contribution is 0.341. The Morgan fingerprint density at radius 1 is 1.33 bits per heavy atom. The van der Waals surface area contributed by atoms with Crippen LogP contribution in [0.3, 0.4) is 0 Å². The van der Waals surface area contributed by atoms with E-state index in [4.69, 9.17) is 0 Å². The minimum atomic E-state index is 0.942. The van der Waals surface area contributed by atoms with Crippen molar-refractivity contribution in [2.45, 2.75) is 45.4 Å². The molecule has 0 aromatic carbocycles. The van der Waals surface area contributed by atoms with E-state index in [0.717, 1.165) is 22.8 Å². The third-order valence-electron chi connectivity index (χ3n) is 3.98. The average molecular weight is 311 g/mol. The molecular weight excluding hydrogens is 288 g/mol. The fraction of sp³-hybridized carbons (Fsp3) is 0.667. The van der Waals surface area contributed by atoms with Crippen molar-refractivity contribution in [3.8, 4) is 0 Å². The first kappa shape index (κ1) is 13.9. The number of rotatable bonds is 4. The van der Waals surface area contributed by atoms with Crippen molar-refractivity contribution in [3.63, 3.8) is 0 Å². The lowest BCUT2D eigenvalue weighted by atomic mass is 9.87. The van der Waals surface area contributed by atoms with Gasteiger partial charge in [0.25, 0.3) is 0 Å². The Kier molecular flexibility index (Phi) is 5.04. The highest BCUT2D eigenvalue weighted by molar-refractivity contribution is 9.10. The highest BCUT2D eigenvalue weighted by Crippen LogP contribution is 2.27. The summed E-state index contributed by atoms with van der Waals surface area (Å²) in [7, 11) is 2.16. The minimum absolute atomic E-state index is 0.942. The molecule has 0 saturated heterocycles. The molecule has 0 atom stereocenters. The molecule has 3 heteroatoms. The summed E-state index contributed by atoms with van der Waals surface area (Å²) in [5.41, 5.74) is 1.25. The van der Waals surface area contributed by atoms with Crippen LogP contribution >= 0.6 is 15.9 Å². The molecule has 0 radical (unpaired) electrons. The van der Waals surface area contributed by atoms with Crippen LogP contribution < -0.4 is 4.90 Å². The van der Waals surface area contributed by atoms with E-state index in [2.05, 4.69) is 45.9 Å². The van der Waals surface area contributed by atoms with Crippen LogP contribution in [0.15, 0.2) is 16.7 Å². The number of anilines is 1. The van der Waals surface area contributed by atoms with Crippen LogP contribution in [0.1, 0.15) is 44.1 Å². The monoisotopic (exact) mass is 310 g/mol. The molecule has 0 unspecified atom stereocenters. The van der Waals surface area contributed by atoms with Gasteiger partial charge in [-0.1, -0.05) is 32.1 Å². The number of hydrogen-bond donors (Lipinski definition) is 0. The highest BCUT2D eigenvalue weighted by Gasteiger charge is 2.15. The van der Waals surface area contributed by atoms with Crippen molar-refractivity contribution < 1.29 is 0 Å². The Morgan fingerprint density at radius 2 is 2.06 bits per heavy atom. The molecule has 2 rings (SSSR count). The molecule has 0 spiro atoms. The van der Waals surface area contributed by atoms with Gasteiger partial charge < -0.3 is 4.90 Å². The third kappa shape index (κ3) is 3.71. The van der Waals surface area contributed by atoms with Crippen molar-refractivity contribution in [3.05, 3.63) is 22.3 Å². The van der Waals surface area contributed by atoms with Crippen LogP contribution in [-0.2, 0) is 0 Å². The Balaban J connectivity index is 1.88. The summed E-state index contributed by atoms with van der Waals surface area (Å²) in [5.74, 6) is 2.06. The van der Waals surface area contributed by atoms with Gasteiger partial charge in [0.1, 0.15) is 5.82 Å². The smallest absolute Gasteiger partial charge is 0.131 e. The summed E-state index contributed by atoms with van der Waals surface area (Å²) in [6.45, 7) is 3.25. The van der Waals surface area contributed by atoms with Crippen LogP contribution in [0.2, 0.25) is 0 Å². The van der Waals surface area contributed by atoms with Gasteiger partial charge in [0.15, 0.2) is 0 Å². The fourth-order valence-electron chi connectivity index (χ4n) is 2.89. The molecule has 18 heavy (non-hydrogen) atoms. The molecule has 1 aliphatic rings. The van der Waals surface area contributed by atoms with Gasteiger partial charge in [0, 0.05) is 24.3 Å². The molecule has 1 aromatic heterocycles. The molecule has 1 aliphatic carbocycles. The second-order valence-electron chi connectivity index (χ2n) is 5.51. The maximum atomic E-state index is 4.52. The molecule has 1 aromatic rings. The van der Waals surface area contributed by atoms with E-state index in [-0.39, 0.29) is 0 Å². The average Bonchev–Trinajstić information content (AvgIpc) is 2.37. The number of aromatic nitrogens is 1. The van der Waals surface area contributed by atoms with E-state index in [1.807, 2.05) is 6.20 Å². The first-order valence-electron chi connectivity index (χ1n) is 7.00. The standard InChI is InChI=1S/C15H23BrN2/c1-12-10-14(16)11-17-15(12)18(2)9-8-13-6-4-3-5-7-13/h10-11,13H,3-9H2,1-2H3. The van der Waals surface area contributed by atoms with Crippen LogP contribution in [0.25, 0.3) is 0 Å². The molecule has 0 amide bonds. The zero-order chi connectivity index (χ0) is 13.0. The van der Waals surface area contributed by atoms with Gasteiger partial charge in [0.05, 0.1) is 0 Å². The molecule has 1 heterocycles. The first-order chi connectivity index (χ1) is 8.66. The third-order valence-corrected chi connectivity index (χ3v) is 4.41. The predicted molar refractivity (Wildman–Crippen MR) is 81.1 cm³/mol. The topological polar surface area (TPSA) is 16.1 Å². The summed E-state index contributed by atoms with van der Waals surface area (Å²) in [6, 6.07) is 2.14. The molecular formula is C15H23BrN2. The second-order valence-corrected chi connectivity index (χ2v) is 6.42. The van der Waals surface area contributed by atoms with Crippen molar-refractivity contribution >= 4 is 21.7 Å². The van der Waals surface area contributed by atoms with E-state index in [1.165, 1.54) is 44.1 Å². The van der Waals surface area contributed by atoms with Gasteiger partial charge in [-0.2, -0.15) is 0 Å². The number of pyridine rings is 1. The largest absolute Gasteiger partial charge is 0.359 e. The molecule has 0 N–H and O–H groups in total. The number of nitrogens with zero attached hydrogens (tertiary/aromatic N) is 2. The van der Waals surface area contributed by atoms with Crippen LogP contribution in [-0.4, -0.2) is 18.6 Å². The summed E-state index contributed by atoms with van der Waals surface area (Å²) < 4.78 is 1.06.